The van der Waals surface area contributed by atoms with Crippen molar-refractivity contribution in [3.05, 3.63) is 12.4 Å². The molecular formula is C12H23N5O2S. The highest BCUT2D eigenvalue weighted by atomic mass is 32.2. The first-order valence-electron chi connectivity index (χ1n) is 6.88. The van der Waals surface area contributed by atoms with Crippen LogP contribution in [0.1, 0.15) is 13.3 Å². The fraction of sp³-hybridized carbons (Fsp3) is 0.750. The van der Waals surface area contributed by atoms with Gasteiger partial charge in [0.05, 0.1) is 6.20 Å². The summed E-state index contributed by atoms with van der Waals surface area (Å²) in [5.41, 5.74) is 5.44. The van der Waals surface area contributed by atoms with Crippen LogP contribution in [-0.2, 0) is 16.6 Å². The second-order valence-corrected chi connectivity index (χ2v) is 7.20. The summed E-state index contributed by atoms with van der Waals surface area (Å²) in [6.45, 7) is 5.17. The lowest BCUT2D eigenvalue weighted by molar-refractivity contribution is 0.170. The Hall–Kier alpha value is -0.960. The molecule has 1 aliphatic heterocycles. The van der Waals surface area contributed by atoms with E-state index >= 15 is 0 Å². The number of aromatic nitrogens is 2. The lowest BCUT2D eigenvalue weighted by atomic mass is 10.2. The fourth-order valence-corrected chi connectivity index (χ4v) is 4.04. The molecule has 8 heteroatoms. The maximum atomic E-state index is 12.6. The summed E-state index contributed by atoms with van der Waals surface area (Å²) in [7, 11) is -1.44. The lowest BCUT2D eigenvalue weighted by Crippen LogP contribution is -2.52. The summed E-state index contributed by atoms with van der Waals surface area (Å²) in [6, 6.07) is -0.0221. The van der Waals surface area contributed by atoms with E-state index in [1.807, 2.05) is 14.0 Å². The molecule has 7 nitrogen and oxygen atoms in total. The van der Waals surface area contributed by atoms with Crippen molar-refractivity contribution in [2.45, 2.75) is 30.8 Å². The van der Waals surface area contributed by atoms with Gasteiger partial charge in [-0.1, -0.05) is 0 Å². The summed E-state index contributed by atoms with van der Waals surface area (Å²) in [4.78, 5) is 2.41. The summed E-state index contributed by atoms with van der Waals surface area (Å²) >= 11 is 0. The third-order valence-corrected chi connectivity index (χ3v) is 5.54. The van der Waals surface area contributed by atoms with Crippen LogP contribution in [0.15, 0.2) is 17.3 Å². The first-order valence-corrected chi connectivity index (χ1v) is 8.32. The highest BCUT2D eigenvalue weighted by Gasteiger charge is 2.33. The molecule has 20 heavy (non-hydrogen) atoms. The SMILES string of the molecule is CC1CN(C)CCN1S(=O)(=O)c1cnn(CCCN)c1. The van der Waals surface area contributed by atoms with Crippen molar-refractivity contribution < 1.29 is 8.42 Å². The van der Waals surface area contributed by atoms with E-state index in [-0.39, 0.29) is 10.9 Å². The van der Waals surface area contributed by atoms with Gasteiger partial charge in [0.15, 0.2) is 0 Å². The van der Waals surface area contributed by atoms with Crippen molar-refractivity contribution in [3.8, 4) is 0 Å². The van der Waals surface area contributed by atoms with E-state index in [1.165, 1.54) is 6.20 Å². The van der Waals surface area contributed by atoms with Gasteiger partial charge in [0.25, 0.3) is 0 Å². The van der Waals surface area contributed by atoms with Gasteiger partial charge >= 0.3 is 0 Å². The number of likely N-dealkylation sites (N-methyl/N-ethyl adjacent to an activating group) is 1. The van der Waals surface area contributed by atoms with Gasteiger partial charge in [-0.25, -0.2) is 8.42 Å². The zero-order valence-electron chi connectivity index (χ0n) is 12.1. The van der Waals surface area contributed by atoms with Gasteiger partial charge in [0.1, 0.15) is 4.90 Å². The molecule has 0 radical (unpaired) electrons. The highest BCUT2D eigenvalue weighted by molar-refractivity contribution is 7.89. The van der Waals surface area contributed by atoms with E-state index in [0.717, 1.165) is 19.5 Å². The number of hydrogen-bond acceptors (Lipinski definition) is 5. The Balaban J connectivity index is 2.15. The predicted molar refractivity (Wildman–Crippen MR) is 76.7 cm³/mol. The number of aryl methyl sites for hydroxylation is 1. The van der Waals surface area contributed by atoms with Crippen molar-refractivity contribution in [1.82, 2.24) is 19.0 Å². The zero-order valence-corrected chi connectivity index (χ0v) is 12.9. The van der Waals surface area contributed by atoms with Crippen LogP contribution < -0.4 is 5.73 Å². The summed E-state index contributed by atoms with van der Waals surface area (Å²) in [5, 5.41) is 4.10. The van der Waals surface area contributed by atoms with E-state index in [9.17, 15) is 8.42 Å². The molecule has 0 aliphatic carbocycles. The van der Waals surface area contributed by atoms with Gasteiger partial charge in [-0.15, -0.1) is 0 Å². The predicted octanol–water partition coefficient (Wildman–Crippen LogP) is -0.443. The van der Waals surface area contributed by atoms with Crippen molar-refractivity contribution >= 4 is 10.0 Å². The molecule has 1 aliphatic rings. The molecule has 0 spiro atoms. The summed E-state index contributed by atoms with van der Waals surface area (Å²) in [5.74, 6) is 0. The van der Waals surface area contributed by atoms with Gasteiger partial charge in [0.2, 0.25) is 10.0 Å². The van der Waals surface area contributed by atoms with Gasteiger partial charge in [-0.3, -0.25) is 4.68 Å². The van der Waals surface area contributed by atoms with Gasteiger partial charge in [0, 0.05) is 38.4 Å². The van der Waals surface area contributed by atoms with Crippen molar-refractivity contribution in [3.63, 3.8) is 0 Å². The molecule has 1 aromatic heterocycles. The molecule has 1 aromatic rings. The summed E-state index contributed by atoms with van der Waals surface area (Å²) in [6.07, 6.45) is 3.80. The minimum Gasteiger partial charge on any atom is -0.330 e. The van der Waals surface area contributed by atoms with Gasteiger partial charge in [-0.05, 0) is 26.9 Å². The monoisotopic (exact) mass is 301 g/mol. The van der Waals surface area contributed by atoms with Gasteiger partial charge in [-0.2, -0.15) is 9.40 Å². The van der Waals surface area contributed by atoms with Gasteiger partial charge < -0.3 is 10.6 Å². The standard InChI is InChI=1S/C12H23N5O2S/c1-11-9-15(2)6-7-17(11)20(18,19)12-8-14-16(10-12)5-3-4-13/h8,10-11H,3-7,9,13H2,1-2H3. The van der Waals surface area contributed by atoms with Crippen LogP contribution in [0.3, 0.4) is 0 Å². The third kappa shape index (κ3) is 3.20. The Bertz CT molecular complexity index is 542. The first-order chi connectivity index (χ1) is 9.45. The molecule has 2 rings (SSSR count). The molecule has 1 atom stereocenters. The number of nitrogens with two attached hydrogens (primary N) is 1. The molecule has 2 N–H and O–H groups in total. The van der Waals surface area contributed by atoms with Crippen LogP contribution in [0.5, 0.6) is 0 Å². The highest BCUT2D eigenvalue weighted by Crippen LogP contribution is 2.20. The van der Waals surface area contributed by atoms with E-state index in [2.05, 4.69) is 10.00 Å². The molecule has 0 saturated carbocycles. The molecule has 0 aromatic carbocycles. The largest absolute Gasteiger partial charge is 0.330 e. The van der Waals surface area contributed by atoms with E-state index in [1.54, 1.807) is 15.2 Å². The minimum atomic E-state index is -3.45. The number of sulfonamides is 1. The molecule has 1 fully saturated rings. The average Bonchev–Trinajstić information content (AvgIpc) is 2.85. The second-order valence-electron chi connectivity index (χ2n) is 5.31. The zero-order chi connectivity index (χ0) is 14.8. The first kappa shape index (κ1) is 15.4. The Morgan fingerprint density at radius 3 is 2.85 bits per heavy atom. The number of nitrogens with zero attached hydrogens (tertiary/aromatic N) is 4. The molecule has 0 bridgehead atoms. The van der Waals surface area contributed by atoms with Crippen LogP contribution in [0.4, 0.5) is 0 Å². The summed E-state index contributed by atoms with van der Waals surface area (Å²) < 4.78 is 28.4. The van der Waals surface area contributed by atoms with Crippen molar-refractivity contribution in [2.75, 3.05) is 33.2 Å². The third-order valence-electron chi connectivity index (χ3n) is 3.58. The smallest absolute Gasteiger partial charge is 0.246 e. The quantitative estimate of drug-likeness (QED) is 0.797. The number of piperazine rings is 1. The van der Waals surface area contributed by atoms with Crippen LogP contribution in [0, 0.1) is 0 Å². The number of hydrogen-bond donors (Lipinski definition) is 1. The normalized spacial score (nSPS) is 22.2. The second kappa shape index (κ2) is 6.21. The Kier molecular flexibility index (Phi) is 4.79. The molecule has 0 amide bonds. The molecule has 1 unspecified atom stereocenters. The van der Waals surface area contributed by atoms with E-state index < -0.39 is 10.0 Å². The Morgan fingerprint density at radius 1 is 1.45 bits per heavy atom. The lowest BCUT2D eigenvalue weighted by Gasteiger charge is -2.36. The maximum absolute atomic E-state index is 12.6. The van der Waals surface area contributed by atoms with E-state index in [4.69, 9.17) is 5.73 Å². The topological polar surface area (TPSA) is 84.5 Å². The molecule has 114 valence electrons. The molecule has 1 saturated heterocycles. The molecular weight excluding hydrogens is 278 g/mol. The molecule has 2 heterocycles. The average molecular weight is 301 g/mol. The Morgan fingerprint density at radius 2 is 2.20 bits per heavy atom. The maximum Gasteiger partial charge on any atom is 0.246 e. The van der Waals surface area contributed by atoms with Crippen LogP contribution in [-0.4, -0.2) is 66.7 Å². The van der Waals surface area contributed by atoms with Crippen LogP contribution >= 0.6 is 0 Å². The van der Waals surface area contributed by atoms with Crippen molar-refractivity contribution in [2.24, 2.45) is 5.73 Å². The number of rotatable bonds is 5. The fourth-order valence-electron chi connectivity index (χ4n) is 2.47. The minimum absolute atomic E-state index is 0.0221. The Labute approximate surface area is 120 Å². The van der Waals surface area contributed by atoms with Crippen LogP contribution in [0.25, 0.3) is 0 Å². The van der Waals surface area contributed by atoms with Crippen LogP contribution in [0.2, 0.25) is 0 Å². The van der Waals surface area contributed by atoms with Crippen molar-refractivity contribution in [1.29, 1.82) is 0 Å². The van der Waals surface area contributed by atoms with E-state index in [0.29, 0.717) is 19.6 Å².